The van der Waals surface area contributed by atoms with Crippen LogP contribution < -0.4 is 4.90 Å². The molecule has 12 aromatic carbocycles. The lowest BCUT2D eigenvalue weighted by Crippen LogP contribution is -2.09. The number of nitrogens with zero attached hydrogens (tertiary/aromatic N) is 1. The summed E-state index contributed by atoms with van der Waals surface area (Å²) < 4.78 is 38.6. The molecule has 0 N–H and O–H groups in total. The van der Waals surface area contributed by atoms with E-state index in [1.165, 1.54) is 16.3 Å². The number of hydrogen-bond acceptors (Lipinski definition) is 1. The molecule has 67 heavy (non-hydrogen) atoms. The van der Waals surface area contributed by atoms with Crippen molar-refractivity contribution in [3.8, 4) is 66.8 Å². The fourth-order valence-electron chi connectivity index (χ4n) is 9.48. The largest absolute Gasteiger partial charge is 0.311 e. The fourth-order valence-corrected chi connectivity index (χ4v) is 9.48. The molecule has 0 aliphatic rings. The highest BCUT2D eigenvalue weighted by Gasteiger charge is 2.16. The summed E-state index contributed by atoms with van der Waals surface area (Å²) in [6, 6.07) is 85.2. The first-order valence-electron chi connectivity index (χ1n) is 24.7. The van der Waals surface area contributed by atoms with Gasteiger partial charge < -0.3 is 4.90 Å². The van der Waals surface area contributed by atoms with Crippen molar-refractivity contribution in [2.75, 3.05) is 4.90 Å². The molecule has 0 aliphatic heterocycles. The third-order valence-electron chi connectivity index (χ3n) is 12.9. The van der Waals surface area contributed by atoms with Crippen molar-refractivity contribution in [3.05, 3.63) is 273 Å². The smallest absolute Gasteiger partial charge is 0.0645 e. The summed E-state index contributed by atoms with van der Waals surface area (Å²) in [4.78, 5) is 1.87. The quantitative estimate of drug-likeness (QED) is 0.131. The minimum absolute atomic E-state index is 0.101. The minimum Gasteiger partial charge on any atom is -0.311 e. The average molecular weight is 856 g/mol. The Kier molecular flexibility index (Phi) is 9.19. The van der Waals surface area contributed by atoms with Gasteiger partial charge in [0.05, 0.1) is 5.48 Å². The zero-order chi connectivity index (χ0) is 48.0. The van der Waals surface area contributed by atoms with Crippen molar-refractivity contribution in [1.82, 2.24) is 0 Å². The molecule has 0 aromatic heterocycles. The maximum atomic E-state index is 9.72. The molecule has 0 heterocycles. The number of anilines is 3. The van der Waals surface area contributed by atoms with E-state index in [2.05, 4.69) is 182 Å². The van der Waals surface area contributed by atoms with E-state index in [1.807, 2.05) is 71.6 Å². The molecule has 0 spiro atoms. The molecule has 12 rings (SSSR count). The Balaban J connectivity index is 0.974. The molecule has 0 saturated carbocycles. The predicted octanol–water partition coefficient (Wildman–Crippen LogP) is 18.6. The molecule has 0 bridgehead atoms. The second-order valence-electron chi connectivity index (χ2n) is 17.0. The van der Waals surface area contributed by atoms with Crippen LogP contribution in [0.15, 0.2) is 273 Å². The Morgan fingerprint density at radius 2 is 0.642 bits per heavy atom. The van der Waals surface area contributed by atoms with Gasteiger partial charge in [0, 0.05) is 17.1 Å². The highest BCUT2D eigenvalue weighted by Crippen LogP contribution is 2.40. The Bertz CT molecular complexity index is 3870. The van der Waals surface area contributed by atoms with E-state index in [9.17, 15) is 5.48 Å². The van der Waals surface area contributed by atoms with Crippen LogP contribution >= 0.6 is 0 Å². The average Bonchev–Trinajstić information content (AvgIpc) is 3.44. The highest BCUT2D eigenvalue weighted by atomic mass is 15.1. The lowest BCUT2D eigenvalue weighted by Gasteiger charge is -2.26. The third-order valence-corrected chi connectivity index (χ3v) is 12.9. The van der Waals surface area contributed by atoms with Crippen LogP contribution in [0.4, 0.5) is 17.1 Å². The van der Waals surface area contributed by atoms with Crippen LogP contribution in [0.1, 0.15) is 5.48 Å². The van der Waals surface area contributed by atoms with Gasteiger partial charge in [-0.1, -0.05) is 206 Å². The number of benzene rings is 12. The molecule has 1 nitrogen and oxygen atoms in total. The summed E-state index contributed by atoms with van der Waals surface area (Å²) in [5.74, 6) is 0. The van der Waals surface area contributed by atoms with E-state index in [0.29, 0.717) is 16.9 Å². The number of rotatable bonds is 9. The minimum atomic E-state index is -0.126. The van der Waals surface area contributed by atoms with Gasteiger partial charge in [-0.25, -0.2) is 0 Å². The van der Waals surface area contributed by atoms with Gasteiger partial charge in [0.25, 0.3) is 0 Å². The first kappa shape index (κ1) is 35.6. The van der Waals surface area contributed by atoms with Crippen molar-refractivity contribution >= 4 is 49.4 Å². The molecule has 0 fully saturated rings. The van der Waals surface area contributed by atoms with Crippen LogP contribution in [0.5, 0.6) is 0 Å². The SMILES string of the molecule is [2H]c1c([2H])c(N(c2ccc(-c3cc(-c4ccccc4)cc(-c4ccccc4)c3)cc2)c2ccc(-c3cccc(-c4cccc5ccccc45)c3)cc2)c([2H])c([2H])c1-c1ccc2c(ccc3ccccc32)c1. The van der Waals surface area contributed by atoms with Crippen molar-refractivity contribution < 1.29 is 5.48 Å². The van der Waals surface area contributed by atoms with Gasteiger partial charge in [-0.15, -0.1) is 0 Å². The molecule has 0 saturated heterocycles. The van der Waals surface area contributed by atoms with E-state index in [4.69, 9.17) is 0 Å². The standard InChI is InChI=1S/C66H45N/c1-3-13-46(14-4-1)57-43-58(47-15-5-2-6-16-47)45-59(44-57)50-31-38-62(39-32-50)67(61-36-29-49(30-37-61)54-33-40-66-56(42-54)26-25-52-18-8-10-23-64(52)66)60-34-27-48(28-35-60)53-20-11-21-55(41-53)65-24-12-19-51-17-7-9-22-63(51)65/h1-45H/i29D,30D,36D,37D. The Morgan fingerprint density at radius 1 is 0.224 bits per heavy atom. The van der Waals surface area contributed by atoms with Gasteiger partial charge in [-0.3, -0.25) is 0 Å². The zero-order valence-corrected chi connectivity index (χ0v) is 36.6. The molecule has 12 aromatic rings. The second-order valence-corrected chi connectivity index (χ2v) is 17.0. The van der Waals surface area contributed by atoms with Crippen molar-refractivity contribution in [2.24, 2.45) is 0 Å². The van der Waals surface area contributed by atoms with Crippen LogP contribution in [-0.2, 0) is 0 Å². The van der Waals surface area contributed by atoms with Crippen LogP contribution in [0, 0.1) is 0 Å². The topological polar surface area (TPSA) is 3.24 Å². The van der Waals surface area contributed by atoms with Crippen molar-refractivity contribution in [2.45, 2.75) is 0 Å². The van der Waals surface area contributed by atoms with Gasteiger partial charge in [0.15, 0.2) is 0 Å². The maximum Gasteiger partial charge on any atom is 0.0645 e. The number of hydrogen-bond donors (Lipinski definition) is 0. The molecule has 314 valence electrons. The molecule has 0 unspecified atom stereocenters. The molecule has 0 amide bonds. The van der Waals surface area contributed by atoms with Gasteiger partial charge in [0.1, 0.15) is 0 Å². The lowest BCUT2D eigenvalue weighted by molar-refractivity contribution is 1.28. The van der Waals surface area contributed by atoms with E-state index in [0.717, 1.165) is 71.6 Å². The van der Waals surface area contributed by atoms with E-state index in [1.54, 1.807) is 0 Å². The van der Waals surface area contributed by atoms with Crippen molar-refractivity contribution in [3.63, 3.8) is 0 Å². The summed E-state index contributed by atoms with van der Waals surface area (Å²) >= 11 is 0. The summed E-state index contributed by atoms with van der Waals surface area (Å²) in [7, 11) is 0. The Hall–Kier alpha value is -8.78. The fraction of sp³-hybridized carbons (Fsp3) is 0. The van der Waals surface area contributed by atoms with E-state index < -0.39 is 0 Å². The molecule has 0 atom stereocenters. The van der Waals surface area contributed by atoms with Crippen molar-refractivity contribution in [1.29, 1.82) is 0 Å². The summed E-state index contributed by atoms with van der Waals surface area (Å²) in [6.45, 7) is 0. The van der Waals surface area contributed by atoms with E-state index in [-0.39, 0.29) is 35.4 Å². The van der Waals surface area contributed by atoms with Crippen LogP contribution in [-0.4, -0.2) is 0 Å². The van der Waals surface area contributed by atoms with Gasteiger partial charge >= 0.3 is 0 Å². The second kappa shape index (κ2) is 17.3. The molecular weight excluding hydrogens is 807 g/mol. The monoisotopic (exact) mass is 855 g/mol. The molecule has 0 aliphatic carbocycles. The first-order valence-corrected chi connectivity index (χ1v) is 22.7. The summed E-state index contributed by atoms with van der Waals surface area (Å²) in [5.41, 5.74) is 13.4. The van der Waals surface area contributed by atoms with E-state index >= 15 is 0 Å². The van der Waals surface area contributed by atoms with Crippen LogP contribution in [0.3, 0.4) is 0 Å². The highest BCUT2D eigenvalue weighted by molar-refractivity contribution is 6.08. The molecule has 1 heteroatoms. The normalized spacial score (nSPS) is 12.1. The summed E-state index contributed by atoms with van der Waals surface area (Å²) in [5, 5.41) is 6.69. The zero-order valence-electron chi connectivity index (χ0n) is 40.6. The Morgan fingerprint density at radius 3 is 1.28 bits per heavy atom. The molecular formula is C66H45N. The third kappa shape index (κ3) is 7.84. The Labute approximate surface area is 397 Å². The lowest BCUT2D eigenvalue weighted by atomic mass is 9.93. The van der Waals surface area contributed by atoms with Crippen LogP contribution in [0.2, 0.25) is 0 Å². The summed E-state index contributed by atoms with van der Waals surface area (Å²) in [6.07, 6.45) is 0. The van der Waals surface area contributed by atoms with Gasteiger partial charge in [-0.05, 0) is 166 Å². The van der Waals surface area contributed by atoms with Crippen LogP contribution in [0.25, 0.3) is 99.1 Å². The van der Waals surface area contributed by atoms with Gasteiger partial charge in [-0.2, -0.15) is 0 Å². The predicted molar refractivity (Wildman–Crippen MR) is 286 cm³/mol. The van der Waals surface area contributed by atoms with Gasteiger partial charge in [0.2, 0.25) is 0 Å². The number of fused-ring (bicyclic) bond motifs is 4. The maximum absolute atomic E-state index is 9.72. The first-order chi connectivity index (χ1) is 34.9. The molecule has 0 radical (unpaired) electrons.